The van der Waals surface area contributed by atoms with Gasteiger partial charge in [0.1, 0.15) is 5.58 Å². The minimum absolute atomic E-state index is 0.599. The van der Waals surface area contributed by atoms with Gasteiger partial charge in [0.15, 0.2) is 23.1 Å². The second kappa shape index (κ2) is 11.7. The first-order chi connectivity index (χ1) is 27.2. The van der Waals surface area contributed by atoms with Crippen LogP contribution in [0, 0.1) is 0 Å². The highest BCUT2D eigenvalue weighted by Crippen LogP contribution is 2.43. The zero-order valence-corrected chi connectivity index (χ0v) is 30.1. The number of thiophene rings is 1. The van der Waals surface area contributed by atoms with Gasteiger partial charge in [-0.1, -0.05) is 121 Å². The van der Waals surface area contributed by atoms with Crippen LogP contribution in [0.15, 0.2) is 174 Å². The van der Waals surface area contributed by atoms with Crippen molar-refractivity contribution in [2.24, 2.45) is 0 Å². The first-order valence-corrected chi connectivity index (χ1v) is 19.2. The molecule has 8 aromatic carbocycles. The first-order valence-electron chi connectivity index (χ1n) is 18.4. The van der Waals surface area contributed by atoms with Crippen LogP contribution in [0.5, 0.6) is 0 Å². The monoisotopic (exact) mass is 720 g/mol. The Kier molecular flexibility index (Phi) is 6.44. The Morgan fingerprint density at radius 1 is 0.436 bits per heavy atom. The molecule has 0 unspecified atom stereocenters. The Balaban J connectivity index is 1.18. The number of para-hydroxylation sites is 2. The molecule has 0 atom stereocenters. The predicted molar refractivity (Wildman–Crippen MR) is 228 cm³/mol. The summed E-state index contributed by atoms with van der Waals surface area (Å²) in [6, 6.07) is 59.6. The molecule has 0 aliphatic heterocycles. The second-order valence-electron chi connectivity index (χ2n) is 14.0. The number of benzene rings is 8. The van der Waals surface area contributed by atoms with E-state index in [4.69, 9.17) is 19.4 Å². The summed E-state index contributed by atoms with van der Waals surface area (Å²) < 4.78 is 11.5. The van der Waals surface area contributed by atoms with Gasteiger partial charge >= 0.3 is 0 Å². The van der Waals surface area contributed by atoms with Crippen molar-refractivity contribution in [2.75, 3.05) is 0 Å². The van der Waals surface area contributed by atoms with E-state index in [-0.39, 0.29) is 0 Å². The van der Waals surface area contributed by atoms with Gasteiger partial charge in [0.25, 0.3) is 0 Å². The van der Waals surface area contributed by atoms with Crippen LogP contribution in [-0.4, -0.2) is 19.5 Å². The van der Waals surface area contributed by atoms with Gasteiger partial charge < -0.3 is 8.98 Å². The van der Waals surface area contributed by atoms with Gasteiger partial charge in [-0.25, -0.2) is 15.0 Å². The highest BCUT2D eigenvalue weighted by molar-refractivity contribution is 7.26. The van der Waals surface area contributed by atoms with Crippen LogP contribution >= 0.6 is 11.3 Å². The molecule has 256 valence electrons. The molecule has 0 N–H and O–H groups in total. The lowest BCUT2D eigenvalue weighted by molar-refractivity contribution is 0.666. The van der Waals surface area contributed by atoms with Gasteiger partial charge in [0.2, 0.25) is 0 Å². The molecular formula is C49H28N4OS. The van der Waals surface area contributed by atoms with E-state index in [1.165, 1.54) is 37.0 Å². The fourth-order valence-corrected chi connectivity index (χ4v) is 9.50. The van der Waals surface area contributed by atoms with Crippen molar-refractivity contribution >= 4 is 86.0 Å². The quantitative estimate of drug-likeness (QED) is 0.182. The zero-order chi connectivity index (χ0) is 36.0. The smallest absolute Gasteiger partial charge is 0.165 e. The maximum Gasteiger partial charge on any atom is 0.165 e. The molecule has 0 saturated heterocycles. The Labute approximate surface area is 318 Å². The third-order valence-electron chi connectivity index (χ3n) is 10.8. The molecule has 0 saturated carbocycles. The lowest BCUT2D eigenvalue weighted by atomic mass is 10.1. The molecular weight excluding hydrogens is 693 g/mol. The number of hydrogen-bond donors (Lipinski definition) is 0. The van der Waals surface area contributed by atoms with Gasteiger partial charge in [-0.3, -0.25) is 0 Å². The van der Waals surface area contributed by atoms with Crippen LogP contribution in [0.25, 0.3) is 115 Å². The van der Waals surface area contributed by atoms with E-state index in [0.29, 0.717) is 17.5 Å². The van der Waals surface area contributed by atoms with Crippen LogP contribution in [0.2, 0.25) is 0 Å². The predicted octanol–water partition coefficient (Wildman–Crippen LogP) is 13.4. The SMILES string of the molecule is c1ccc(-c2nc(-c3cc(-n4c5ccccc5c5cc6ccccc6cc54)c4oc5ccccc5c4c3)nc(-c3cccc4c3sc3ccccc34)n2)cc1. The molecule has 0 fully saturated rings. The summed E-state index contributed by atoms with van der Waals surface area (Å²) in [5.74, 6) is 1.87. The fraction of sp³-hybridized carbons (Fsp3) is 0. The molecule has 5 nitrogen and oxygen atoms in total. The maximum atomic E-state index is 6.77. The van der Waals surface area contributed by atoms with Crippen molar-refractivity contribution < 1.29 is 4.42 Å². The molecule has 12 aromatic rings. The average molecular weight is 721 g/mol. The molecule has 4 aromatic heterocycles. The van der Waals surface area contributed by atoms with E-state index in [0.717, 1.165) is 60.0 Å². The van der Waals surface area contributed by atoms with Crippen molar-refractivity contribution in [1.82, 2.24) is 19.5 Å². The van der Waals surface area contributed by atoms with E-state index < -0.39 is 0 Å². The molecule has 12 rings (SSSR count). The number of fused-ring (bicyclic) bond motifs is 10. The van der Waals surface area contributed by atoms with Crippen LogP contribution in [0.1, 0.15) is 0 Å². The van der Waals surface area contributed by atoms with Crippen molar-refractivity contribution in [3.8, 4) is 39.9 Å². The molecule has 6 heteroatoms. The molecule has 0 spiro atoms. The Bertz CT molecular complexity index is 3500. The summed E-state index contributed by atoms with van der Waals surface area (Å²) in [4.78, 5) is 15.7. The van der Waals surface area contributed by atoms with Crippen LogP contribution in [0.3, 0.4) is 0 Å². The van der Waals surface area contributed by atoms with Crippen LogP contribution < -0.4 is 0 Å². The number of rotatable bonds is 4. The van der Waals surface area contributed by atoms with Gasteiger partial charge in [0.05, 0.1) is 16.7 Å². The van der Waals surface area contributed by atoms with Crippen LogP contribution in [0.4, 0.5) is 0 Å². The summed E-state index contributed by atoms with van der Waals surface area (Å²) in [7, 11) is 0. The summed E-state index contributed by atoms with van der Waals surface area (Å²) in [5, 5.41) is 9.25. The molecule has 0 aliphatic carbocycles. The summed E-state index contributed by atoms with van der Waals surface area (Å²) in [6.45, 7) is 0. The average Bonchev–Trinajstić information content (AvgIpc) is 3.92. The minimum atomic E-state index is 0.599. The lowest BCUT2D eigenvalue weighted by Crippen LogP contribution is -2.01. The van der Waals surface area contributed by atoms with Crippen LogP contribution in [-0.2, 0) is 0 Å². The summed E-state index contributed by atoms with van der Waals surface area (Å²) >= 11 is 1.78. The molecule has 0 bridgehead atoms. The number of nitrogens with zero attached hydrogens (tertiary/aromatic N) is 4. The van der Waals surface area contributed by atoms with E-state index in [1.807, 2.05) is 30.3 Å². The third-order valence-corrected chi connectivity index (χ3v) is 12.0. The van der Waals surface area contributed by atoms with Crippen molar-refractivity contribution in [1.29, 1.82) is 0 Å². The van der Waals surface area contributed by atoms with Gasteiger partial charge in [-0.2, -0.15) is 0 Å². The maximum absolute atomic E-state index is 6.77. The normalized spacial score (nSPS) is 12.0. The van der Waals surface area contributed by atoms with E-state index in [1.54, 1.807) is 11.3 Å². The molecule has 4 heterocycles. The summed E-state index contributed by atoms with van der Waals surface area (Å²) in [5.41, 5.74) is 7.59. The topological polar surface area (TPSA) is 56.7 Å². The van der Waals surface area contributed by atoms with Gasteiger partial charge in [0, 0.05) is 58.4 Å². The summed E-state index contributed by atoms with van der Waals surface area (Å²) in [6.07, 6.45) is 0. The molecule has 0 aliphatic rings. The fourth-order valence-electron chi connectivity index (χ4n) is 8.28. The number of aromatic nitrogens is 4. The highest BCUT2D eigenvalue weighted by atomic mass is 32.1. The van der Waals surface area contributed by atoms with Gasteiger partial charge in [-0.15, -0.1) is 11.3 Å². The van der Waals surface area contributed by atoms with E-state index in [9.17, 15) is 0 Å². The Morgan fingerprint density at radius 3 is 1.98 bits per heavy atom. The zero-order valence-electron chi connectivity index (χ0n) is 29.3. The standard InChI is InChI=1S/C49H28N4OS/c1-2-13-29(14-3-1)47-50-48(52-49(51-47)37-21-12-20-36-35-19-8-11-24-44(35)55-46(36)37)32-26-39-34-18-7-10-23-43(34)54-45(39)42(28-32)53-40-22-9-6-17-33(40)38-25-30-15-4-5-16-31(30)27-41(38)53/h1-28H. The van der Waals surface area contributed by atoms with Gasteiger partial charge in [-0.05, 0) is 59.3 Å². The largest absolute Gasteiger partial charge is 0.454 e. The van der Waals surface area contributed by atoms with Crippen molar-refractivity contribution in [3.63, 3.8) is 0 Å². The third kappa shape index (κ3) is 4.62. The molecule has 0 amide bonds. The second-order valence-corrected chi connectivity index (χ2v) is 15.0. The first kappa shape index (κ1) is 30.3. The number of furan rings is 1. The van der Waals surface area contributed by atoms with E-state index >= 15 is 0 Å². The Hall–Kier alpha value is -7.15. The van der Waals surface area contributed by atoms with Crippen molar-refractivity contribution in [2.45, 2.75) is 0 Å². The van der Waals surface area contributed by atoms with Crippen molar-refractivity contribution in [3.05, 3.63) is 170 Å². The molecule has 0 radical (unpaired) electrons. The highest BCUT2D eigenvalue weighted by Gasteiger charge is 2.22. The molecule has 55 heavy (non-hydrogen) atoms. The Morgan fingerprint density at radius 2 is 1.11 bits per heavy atom. The van der Waals surface area contributed by atoms with E-state index in [2.05, 4.69) is 144 Å². The number of hydrogen-bond acceptors (Lipinski definition) is 5. The lowest BCUT2D eigenvalue weighted by Gasteiger charge is -2.13. The minimum Gasteiger partial charge on any atom is -0.454 e.